The van der Waals surface area contributed by atoms with Crippen LogP contribution in [-0.2, 0) is 6.18 Å². The van der Waals surface area contributed by atoms with Crippen molar-refractivity contribution in [2.45, 2.75) is 6.18 Å². The number of benzene rings is 2. The van der Waals surface area contributed by atoms with Gasteiger partial charge in [0, 0.05) is 25.0 Å². The number of hydrogen-bond acceptors (Lipinski definition) is 4. The van der Waals surface area contributed by atoms with Gasteiger partial charge in [-0.2, -0.15) is 13.2 Å². The molecule has 0 spiro atoms. The van der Waals surface area contributed by atoms with E-state index in [1.165, 1.54) is 43.6 Å². The fourth-order valence-electron chi connectivity index (χ4n) is 2.65. The van der Waals surface area contributed by atoms with E-state index in [9.17, 15) is 27.2 Å². The zero-order valence-corrected chi connectivity index (χ0v) is 17.5. The van der Waals surface area contributed by atoms with Crippen LogP contribution >= 0.6 is 11.6 Å². The molecule has 0 aliphatic carbocycles. The van der Waals surface area contributed by atoms with Crippen LogP contribution in [0.1, 0.15) is 16.1 Å². The number of pyridine rings is 1. The van der Waals surface area contributed by atoms with Crippen LogP contribution in [-0.4, -0.2) is 24.0 Å². The number of anilines is 2. The quantitative estimate of drug-likeness (QED) is 0.407. The highest BCUT2D eigenvalue weighted by Gasteiger charge is 2.33. The van der Waals surface area contributed by atoms with Gasteiger partial charge in [-0.3, -0.25) is 4.79 Å². The average Bonchev–Trinajstić information content (AvgIpc) is 2.76. The van der Waals surface area contributed by atoms with Crippen molar-refractivity contribution in [1.82, 2.24) is 10.3 Å². The molecule has 3 N–H and O–H groups in total. The second-order valence-corrected chi connectivity index (χ2v) is 6.85. The lowest BCUT2D eigenvalue weighted by atomic mass is 10.2. The zero-order chi connectivity index (χ0) is 24.2. The van der Waals surface area contributed by atoms with E-state index in [2.05, 4.69) is 20.9 Å². The van der Waals surface area contributed by atoms with E-state index in [-0.39, 0.29) is 28.6 Å². The largest absolute Gasteiger partial charge is 0.455 e. The summed E-state index contributed by atoms with van der Waals surface area (Å²) in [5.74, 6) is -1.29. The number of amides is 3. The lowest BCUT2D eigenvalue weighted by molar-refractivity contribution is -0.137. The molecule has 7 nitrogen and oxygen atoms in total. The van der Waals surface area contributed by atoms with Crippen LogP contribution in [0.2, 0.25) is 5.02 Å². The standard InChI is InChI=1S/C21H15ClF4N4O3/c1-27-19(31)18-17(3-2-8-28-18)33-12-5-7-16(15(23)10-12)30-20(32)29-11-4-6-14(22)13(9-11)21(24,25)26/h2-10H,1H3,(H,27,31)(H2,29,30,32). The maximum absolute atomic E-state index is 14.5. The van der Waals surface area contributed by atoms with Crippen molar-refractivity contribution in [1.29, 1.82) is 0 Å². The molecule has 0 aliphatic rings. The van der Waals surface area contributed by atoms with Crippen molar-refractivity contribution in [2.75, 3.05) is 17.7 Å². The van der Waals surface area contributed by atoms with E-state index in [0.29, 0.717) is 6.07 Å². The molecule has 0 saturated heterocycles. The number of carbonyl (C=O) groups excluding carboxylic acids is 2. The Morgan fingerprint density at radius 1 is 1.06 bits per heavy atom. The fourth-order valence-corrected chi connectivity index (χ4v) is 2.88. The van der Waals surface area contributed by atoms with Gasteiger partial charge in [-0.25, -0.2) is 14.2 Å². The lowest BCUT2D eigenvalue weighted by Gasteiger charge is -2.13. The second-order valence-electron chi connectivity index (χ2n) is 6.44. The molecule has 0 unspecified atom stereocenters. The molecule has 0 saturated carbocycles. The number of aromatic nitrogens is 1. The summed E-state index contributed by atoms with van der Waals surface area (Å²) in [5.41, 5.74) is -1.59. The summed E-state index contributed by atoms with van der Waals surface area (Å²) < 4.78 is 58.8. The molecule has 0 aliphatic heterocycles. The fraction of sp³-hybridized carbons (Fsp3) is 0.0952. The van der Waals surface area contributed by atoms with Crippen molar-refractivity contribution in [3.63, 3.8) is 0 Å². The summed E-state index contributed by atoms with van der Waals surface area (Å²) in [6.45, 7) is 0. The molecule has 2 aromatic carbocycles. The third kappa shape index (κ3) is 5.89. The van der Waals surface area contributed by atoms with Gasteiger partial charge in [-0.1, -0.05) is 11.6 Å². The molecule has 3 aromatic rings. The first-order chi connectivity index (χ1) is 15.6. The first-order valence-corrected chi connectivity index (χ1v) is 9.55. The van der Waals surface area contributed by atoms with Crippen molar-refractivity contribution in [2.24, 2.45) is 0 Å². The predicted octanol–water partition coefficient (Wildman–Crippen LogP) is 5.69. The molecule has 33 heavy (non-hydrogen) atoms. The summed E-state index contributed by atoms with van der Waals surface area (Å²) in [6, 6.07) is 8.29. The Balaban J connectivity index is 1.72. The molecule has 0 atom stereocenters. The molecule has 1 heterocycles. The van der Waals surface area contributed by atoms with E-state index in [1.54, 1.807) is 0 Å². The first kappa shape index (κ1) is 23.8. The third-order valence-electron chi connectivity index (χ3n) is 4.16. The number of alkyl halides is 3. The highest BCUT2D eigenvalue weighted by Crippen LogP contribution is 2.36. The second kappa shape index (κ2) is 9.74. The molecule has 0 fully saturated rings. The Kier molecular flexibility index (Phi) is 7.02. The van der Waals surface area contributed by atoms with E-state index >= 15 is 0 Å². The number of nitrogens with one attached hydrogen (secondary N) is 3. The highest BCUT2D eigenvalue weighted by atomic mass is 35.5. The summed E-state index contributed by atoms with van der Waals surface area (Å²) >= 11 is 5.54. The minimum Gasteiger partial charge on any atom is -0.455 e. The molecule has 172 valence electrons. The number of halogens is 5. The topological polar surface area (TPSA) is 92.3 Å². The normalized spacial score (nSPS) is 11.0. The smallest absolute Gasteiger partial charge is 0.417 e. The lowest BCUT2D eigenvalue weighted by Crippen LogP contribution is -2.20. The molecule has 3 rings (SSSR count). The summed E-state index contributed by atoms with van der Waals surface area (Å²) in [6.07, 6.45) is -3.32. The summed E-state index contributed by atoms with van der Waals surface area (Å²) in [4.78, 5) is 27.9. The van der Waals surface area contributed by atoms with E-state index < -0.39 is 34.5 Å². The number of nitrogens with zero attached hydrogens (tertiary/aromatic N) is 1. The zero-order valence-electron chi connectivity index (χ0n) is 16.8. The van der Waals surface area contributed by atoms with Gasteiger partial charge in [0.1, 0.15) is 11.6 Å². The van der Waals surface area contributed by atoms with Gasteiger partial charge in [0.05, 0.1) is 16.3 Å². The van der Waals surface area contributed by atoms with Crippen LogP contribution in [0.3, 0.4) is 0 Å². The van der Waals surface area contributed by atoms with Crippen molar-refractivity contribution >= 4 is 34.9 Å². The predicted molar refractivity (Wildman–Crippen MR) is 113 cm³/mol. The van der Waals surface area contributed by atoms with E-state index in [1.807, 2.05) is 0 Å². The van der Waals surface area contributed by atoms with Gasteiger partial charge in [0.2, 0.25) is 0 Å². The maximum Gasteiger partial charge on any atom is 0.417 e. The Hall–Kier alpha value is -3.86. The monoisotopic (exact) mass is 482 g/mol. The number of carbonyl (C=O) groups is 2. The van der Waals surface area contributed by atoms with Crippen molar-refractivity contribution in [3.8, 4) is 11.5 Å². The van der Waals surface area contributed by atoms with Crippen LogP contribution in [0.5, 0.6) is 11.5 Å². The van der Waals surface area contributed by atoms with Crippen LogP contribution in [0, 0.1) is 5.82 Å². The molecular weight excluding hydrogens is 468 g/mol. The number of ether oxygens (including phenoxy) is 1. The van der Waals surface area contributed by atoms with Crippen LogP contribution in [0.15, 0.2) is 54.7 Å². The molecule has 0 radical (unpaired) electrons. The molecule has 3 amide bonds. The van der Waals surface area contributed by atoms with Gasteiger partial charge in [0.25, 0.3) is 5.91 Å². The average molecular weight is 483 g/mol. The summed E-state index contributed by atoms with van der Waals surface area (Å²) in [5, 5.41) is 6.25. The molecule has 1 aromatic heterocycles. The van der Waals surface area contributed by atoms with E-state index in [4.69, 9.17) is 16.3 Å². The number of urea groups is 1. The molecule has 0 bridgehead atoms. The van der Waals surface area contributed by atoms with Gasteiger partial charge in [0.15, 0.2) is 11.4 Å². The Morgan fingerprint density at radius 3 is 2.48 bits per heavy atom. The summed E-state index contributed by atoms with van der Waals surface area (Å²) in [7, 11) is 1.42. The number of rotatable bonds is 5. The maximum atomic E-state index is 14.5. The minimum atomic E-state index is -4.71. The van der Waals surface area contributed by atoms with Gasteiger partial charge >= 0.3 is 12.2 Å². The van der Waals surface area contributed by atoms with E-state index in [0.717, 1.165) is 12.1 Å². The SMILES string of the molecule is CNC(=O)c1ncccc1Oc1ccc(NC(=O)Nc2ccc(Cl)c(C(F)(F)F)c2)c(F)c1. The minimum absolute atomic E-state index is 0.0109. The van der Waals surface area contributed by atoms with Gasteiger partial charge in [-0.15, -0.1) is 0 Å². The van der Waals surface area contributed by atoms with Crippen molar-refractivity contribution < 1.29 is 31.9 Å². The highest BCUT2D eigenvalue weighted by molar-refractivity contribution is 6.31. The molecule has 12 heteroatoms. The Labute approximate surface area is 189 Å². The molecular formula is C21H15ClF4N4O3. The van der Waals surface area contributed by atoms with Crippen molar-refractivity contribution in [3.05, 3.63) is 76.8 Å². The third-order valence-corrected chi connectivity index (χ3v) is 4.49. The Bertz CT molecular complexity index is 1200. The van der Waals surface area contributed by atoms with Crippen LogP contribution < -0.4 is 20.7 Å². The van der Waals surface area contributed by atoms with Gasteiger partial charge < -0.3 is 20.7 Å². The first-order valence-electron chi connectivity index (χ1n) is 9.17. The van der Waals surface area contributed by atoms with Gasteiger partial charge in [-0.05, 0) is 42.5 Å². The number of hydrogen-bond donors (Lipinski definition) is 3. The Morgan fingerprint density at radius 2 is 1.82 bits per heavy atom. The van der Waals surface area contributed by atoms with Crippen LogP contribution in [0.25, 0.3) is 0 Å². The van der Waals surface area contributed by atoms with Crippen LogP contribution in [0.4, 0.5) is 33.7 Å².